The molecule has 1 unspecified atom stereocenters. The van der Waals surface area contributed by atoms with Gasteiger partial charge in [0.2, 0.25) is 5.82 Å². The van der Waals surface area contributed by atoms with Crippen LogP contribution in [-0.2, 0) is 9.53 Å². The van der Waals surface area contributed by atoms with Crippen molar-refractivity contribution in [2.24, 2.45) is 0 Å². The summed E-state index contributed by atoms with van der Waals surface area (Å²) >= 11 is 0. The normalized spacial score (nSPS) is 12.5. The van der Waals surface area contributed by atoms with Gasteiger partial charge in [0, 0.05) is 0 Å². The van der Waals surface area contributed by atoms with Gasteiger partial charge in [0.25, 0.3) is 0 Å². The number of hydrogen-bond acceptors (Lipinski definition) is 3. The molecule has 0 aliphatic heterocycles. The molecule has 0 radical (unpaired) electrons. The average Bonchev–Trinajstić information content (AvgIpc) is 2.47. The van der Waals surface area contributed by atoms with E-state index in [1.54, 1.807) is 13.0 Å². The van der Waals surface area contributed by atoms with Crippen LogP contribution in [0.25, 0.3) is 0 Å². The maximum absolute atomic E-state index is 13.4. The molecule has 0 amide bonds. The Labute approximate surface area is 117 Å². The number of hydrogen-bond donors (Lipinski definition) is 1. The Hall–Kier alpha value is -2.12. The van der Waals surface area contributed by atoms with E-state index in [-0.39, 0.29) is 6.61 Å². The van der Waals surface area contributed by atoms with Crippen molar-refractivity contribution in [1.29, 1.82) is 0 Å². The minimum absolute atomic E-state index is 0.0710. The van der Waals surface area contributed by atoms with Crippen molar-refractivity contribution in [3.63, 3.8) is 0 Å². The van der Waals surface area contributed by atoms with Crippen LogP contribution in [-0.4, -0.2) is 18.6 Å². The van der Waals surface area contributed by atoms with Gasteiger partial charge in [-0.05, 0) is 13.8 Å². The number of anilines is 1. The van der Waals surface area contributed by atoms with Gasteiger partial charge in [-0.2, -0.15) is 0 Å². The van der Waals surface area contributed by atoms with Gasteiger partial charge in [-0.3, -0.25) is 0 Å². The van der Waals surface area contributed by atoms with E-state index in [0.29, 0.717) is 0 Å². The van der Waals surface area contributed by atoms with E-state index < -0.39 is 46.8 Å². The second-order valence-electron chi connectivity index (χ2n) is 4.01. The smallest absolute Gasteiger partial charge is 0.328 e. The van der Waals surface area contributed by atoms with Gasteiger partial charge in [-0.1, -0.05) is 12.2 Å². The van der Waals surface area contributed by atoms with Crippen LogP contribution in [0, 0.1) is 29.1 Å². The van der Waals surface area contributed by atoms with Crippen LogP contribution >= 0.6 is 0 Å². The predicted molar refractivity (Wildman–Crippen MR) is 65.1 cm³/mol. The molecule has 0 heterocycles. The van der Waals surface area contributed by atoms with Crippen molar-refractivity contribution >= 4 is 11.7 Å². The molecular formula is C13H12F5NO2. The molecule has 116 valence electrons. The quantitative estimate of drug-likeness (QED) is 0.298. The van der Waals surface area contributed by atoms with E-state index in [9.17, 15) is 26.7 Å². The number of rotatable bonds is 5. The van der Waals surface area contributed by atoms with Crippen molar-refractivity contribution < 1.29 is 31.5 Å². The van der Waals surface area contributed by atoms with Crippen molar-refractivity contribution in [2.45, 2.75) is 19.9 Å². The Morgan fingerprint density at radius 3 is 2.05 bits per heavy atom. The lowest BCUT2D eigenvalue weighted by Gasteiger charge is -2.16. The highest BCUT2D eigenvalue weighted by molar-refractivity contribution is 5.79. The summed E-state index contributed by atoms with van der Waals surface area (Å²) in [6, 6.07) is -1.30. The van der Waals surface area contributed by atoms with Gasteiger partial charge in [0.15, 0.2) is 23.3 Å². The van der Waals surface area contributed by atoms with Crippen LogP contribution in [0.4, 0.5) is 27.6 Å². The third-order valence-corrected chi connectivity index (χ3v) is 2.48. The SMILES string of the molecule is C/C=C/COC(=O)C(C)Nc1c(F)c(F)c(F)c(F)c1F. The Bertz CT molecular complexity index is 545. The summed E-state index contributed by atoms with van der Waals surface area (Å²) in [6.07, 6.45) is 3.11. The molecule has 3 nitrogen and oxygen atoms in total. The first-order valence-electron chi connectivity index (χ1n) is 5.87. The lowest BCUT2D eigenvalue weighted by molar-refractivity contribution is -0.142. The van der Waals surface area contributed by atoms with E-state index in [2.05, 4.69) is 4.74 Å². The molecule has 0 saturated heterocycles. The number of carbonyl (C=O) groups is 1. The fourth-order valence-electron chi connectivity index (χ4n) is 1.36. The fourth-order valence-corrected chi connectivity index (χ4v) is 1.36. The summed E-state index contributed by atoms with van der Waals surface area (Å²) < 4.78 is 70.3. The number of ether oxygens (including phenoxy) is 1. The summed E-state index contributed by atoms with van der Waals surface area (Å²) in [7, 11) is 0. The molecule has 1 N–H and O–H groups in total. The van der Waals surface area contributed by atoms with E-state index in [1.165, 1.54) is 6.08 Å². The first-order chi connectivity index (χ1) is 9.81. The molecule has 0 fully saturated rings. The van der Waals surface area contributed by atoms with Crippen molar-refractivity contribution in [3.05, 3.63) is 41.2 Å². The molecule has 0 saturated carbocycles. The zero-order valence-corrected chi connectivity index (χ0v) is 11.1. The molecule has 8 heteroatoms. The number of benzene rings is 1. The minimum Gasteiger partial charge on any atom is -0.460 e. The average molecular weight is 309 g/mol. The van der Waals surface area contributed by atoms with E-state index >= 15 is 0 Å². The van der Waals surface area contributed by atoms with E-state index in [1.807, 2.05) is 5.32 Å². The number of esters is 1. The second kappa shape index (κ2) is 7.05. The molecule has 1 rings (SSSR count). The number of halogens is 5. The Kier molecular flexibility index (Phi) is 5.69. The third kappa shape index (κ3) is 3.71. The highest BCUT2D eigenvalue weighted by Crippen LogP contribution is 2.27. The highest BCUT2D eigenvalue weighted by Gasteiger charge is 2.27. The summed E-state index contributed by atoms with van der Waals surface area (Å²) in [4.78, 5) is 11.5. The molecule has 21 heavy (non-hydrogen) atoms. The molecular weight excluding hydrogens is 297 g/mol. The maximum Gasteiger partial charge on any atom is 0.328 e. The predicted octanol–water partition coefficient (Wildman–Crippen LogP) is 3.30. The van der Waals surface area contributed by atoms with Crippen LogP contribution in [0.15, 0.2) is 12.2 Å². The van der Waals surface area contributed by atoms with Crippen molar-refractivity contribution in [3.8, 4) is 0 Å². The Balaban J connectivity index is 2.95. The first-order valence-corrected chi connectivity index (χ1v) is 5.87. The van der Waals surface area contributed by atoms with Crippen molar-refractivity contribution in [2.75, 3.05) is 11.9 Å². The Morgan fingerprint density at radius 2 is 1.57 bits per heavy atom. The molecule has 1 aromatic carbocycles. The van der Waals surface area contributed by atoms with Crippen molar-refractivity contribution in [1.82, 2.24) is 0 Å². The molecule has 1 aromatic rings. The number of allylic oxidation sites excluding steroid dienone is 1. The van der Waals surface area contributed by atoms with Crippen LogP contribution in [0.3, 0.4) is 0 Å². The molecule has 1 atom stereocenters. The summed E-state index contributed by atoms with van der Waals surface area (Å²) in [5, 5.41) is 1.92. The maximum atomic E-state index is 13.4. The van der Waals surface area contributed by atoms with E-state index in [4.69, 9.17) is 0 Å². The number of carbonyl (C=O) groups excluding carboxylic acids is 1. The van der Waals surface area contributed by atoms with E-state index in [0.717, 1.165) is 6.92 Å². The van der Waals surface area contributed by atoms with Gasteiger partial charge in [-0.25, -0.2) is 26.7 Å². The van der Waals surface area contributed by atoms with Crippen LogP contribution < -0.4 is 5.32 Å². The van der Waals surface area contributed by atoms with Gasteiger partial charge in [0.05, 0.1) is 0 Å². The van der Waals surface area contributed by atoms with Gasteiger partial charge >= 0.3 is 5.97 Å². The lowest BCUT2D eigenvalue weighted by Crippen LogP contribution is -2.29. The molecule has 0 aliphatic carbocycles. The second-order valence-corrected chi connectivity index (χ2v) is 4.01. The largest absolute Gasteiger partial charge is 0.460 e. The van der Waals surface area contributed by atoms with Crippen LogP contribution in [0.5, 0.6) is 0 Å². The Morgan fingerprint density at radius 1 is 1.10 bits per heavy atom. The number of nitrogens with one attached hydrogen (secondary N) is 1. The van der Waals surface area contributed by atoms with Gasteiger partial charge < -0.3 is 10.1 Å². The fraction of sp³-hybridized carbons (Fsp3) is 0.308. The van der Waals surface area contributed by atoms with Crippen LogP contribution in [0.1, 0.15) is 13.8 Å². The molecule has 0 aromatic heterocycles. The zero-order chi connectivity index (χ0) is 16.2. The summed E-state index contributed by atoms with van der Waals surface area (Å²) in [5.41, 5.74) is -1.28. The first kappa shape index (κ1) is 16.9. The topological polar surface area (TPSA) is 38.3 Å². The lowest BCUT2D eigenvalue weighted by atomic mass is 10.2. The summed E-state index contributed by atoms with van der Waals surface area (Å²) in [6.45, 7) is 2.78. The molecule has 0 aliphatic rings. The molecule has 0 bridgehead atoms. The minimum atomic E-state index is -2.26. The summed E-state index contributed by atoms with van der Waals surface area (Å²) in [5.74, 6) is -11.4. The third-order valence-electron chi connectivity index (χ3n) is 2.48. The van der Waals surface area contributed by atoms with Gasteiger partial charge in [0.1, 0.15) is 18.3 Å². The van der Waals surface area contributed by atoms with Crippen LogP contribution in [0.2, 0.25) is 0 Å². The highest BCUT2D eigenvalue weighted by atomic mass is 19.2. The zero-order valence-electron chi connectivity index (χ0n) is 11.1. The molecule has 0 spiro atoms. The standard InChI is InChI=1S/C13H12F5NO2/c1-3-4-5-21-13(20)6(2)19-12-10(17)8(15)7(14)9(16)11(12)18/h3-4,6,19H,5H2,1-2H3/b4-3+. The van der Waals surface area contributed by atoms with Gasteiger partial charge in [-0.15, -0.1) is 0 Å². The monoisotopic (exact) mass is 309 g/mol.